The van der Waals surface area contributed by atoms with Gasteiger partial charge in [-0.3, -0.25) is 25.4 Å². The molecule has 29 heavy (non-hydrogen) atoms. The van der Waals surface area contributed by atoms with Crippen LogP contribution in [0.5, 0.6) is 11.5 Å². The van der Waals surface area contributed by atoms with Gasteiger partial charge in [-0.15, -0.1) is 0 Å². The summed E-state index contributed by atoms with van der Waals surface area (Å²) in [6, 6.07) is 17.0. The van der Waals surface area contributed by atoms with Crippen LogP contribution in [0.25, 0.3) is 0 Å². The predicted molar refractivity (Wildman–Crippen MR) is 104 cm³/mol. The van der Waals surface area contributed by atoms with Crippen LogP contribution >= 0.6 is 0 Å². The van der Waals surface area contributed by atoms with Crippen molar-refractivity contribution in [2.24, 2.45) is 5.14 Å². The number of nitrogens with zero attached hydrogens (tertiary/aromatic N) is 1. The highest BCUT2D eigenvalue weighted by Crippen LogP contribution is 2.20. The summed E-state index contributed by atoms with van der Waals surface area (Å²) in [7, 11) is -3.86. The number of ether oxygens (including phenoxy) is 1. The summed E-state index contributed by atoms with van der Waals surface area (Å²) in [4.78, 5) is 28.1. The van der Waals surface area contributed by atoms with Crippen LogP contribution in [0, 0.1) is 0 Å². The first kappa shape index (κ1) is 20.0. The Balaban J connectivity index is 1.62. The second kappa shape index (κ2) is 8.50. The van der Waals surface area contributed by atoms with E-state index in [4.69, 9.17) is 9.88 Å². The Bertz CT molecular complexity index is 1130. The molecule has 10 heteroatoms. The largest absolute Gasteiger partial charge is 0.457 e. The lowest BCUT2D eigenvalue weighted by atomic mass is 10.2. The summed E-state index contributed by atoms with van der Waals surface area (Å²) in [6.45, 7) is 0. The highest BCUT2D eigenvalue weighted by Gasteiger charge is 2.13. The van der Waals surface area contributed by atoms with Crippen molar-refractivity contribution in [2.45, 2.75) is 4.90 Å². The zero-order chi connectivity index (χ0) is 20.9. The molecule has 1 heterocycles. The summed E-state index contributed by atoms with van der Waals surface area (Å²) in [5.41, 5.74) is 4.62. The minimum atomic E-state index is -3.86. The number of nitrogens with two attached hydrogens (primary N) is 1. The summed E-state index contributed by atoms with van der Waals surface area (Å²) in [5.74, 6) is -0.295. The first-order chi connectivity index (χ1) is 13.8. The van der Waals surface area contributed by atoms with Gasteiger partial charge < -0.3 is 4.74 Å². The molecule has 2 amide bonds. The molecular formula is C19H16N4O5S. The molecule has 0 bridgehead atoms. The molecular weight excluding hydrogens is 396 g/mol. The standard InChI is InChI=1S/C19H16N4O5S/c20-29(26,27)16-8-6-13(7-9-16)18(24)22-23-19(25)17-12-15(10-11-21-17)28-14-4-2-1-3-5-14/h1-12H,(H,22,24)(H,23,25)(H2,20,26,27). The SMILES string of the molecule is NS(=O)(=O)c1ccc(C(=O)NNC(=O)c2cc(Oc3ccccc3)ccn2)cc1. The molecule has 0 unspecified atom stereocenters. The molecule has 0 aliphatic carbocycles. The number of aromatic nitrogens is 1. The van der Waals surface area contributed by atoms with Gasteiger partial charge in [0.05, 0.1) is 4.90 Å². The van der Waals surface area contributed by atoms with Crippen molar-refractivity contribution in [3.63, 3.8) is 0 Å². The Morgan fingerprint density at radius 1 is 0.862 bits per heavy atom. The minimum Gasteiger partial charge on any atom is -0.457 e. The summed E-state index contributed by atoms with van der Waals surface area (Å²) in [6.07, 6.45) is 1.40. The molecule has 0 aliphatic rings. The number of amides is 2. The minimum absolute atomic E-state index is 0.0308. The zero-order valence-corrected chi connectivity index (χ0v) is 15.7. The highest BCUT2D eigenvalue weighted by molar-refractivity contribution is 7.89. The van der Waals surface area contributed by atoms with Crippen LogP contribution in [0.4, 0.5) is 0 Å². The lowest BCUT2D eigenvalue weighted by molar-refractivity contribution is 0.0844. The molecule has 9 nitrogen and oxygen atoms in total. The Hall–Kier alpha value is -3.76. The van der Waals surface area contributed by atoms with Gasteiger partial charge in [-0.1, -0.05) is 18.2 Å². The van der Waals surface area contributed by atoms with E-state index < -0.39 is 21.8 Å². The van der Waals surface area contributed by atoms with Crippen molar-refractivity contribution in [3.8, 4) is 11.5 Å². The maximum absolute atomic E-state index is 12.2. The first-order valence-corrected chi connectivity index (χ1v) is 9.80. The Morgan fingerprint density at radius 2 is 1.52 bits per heavy atom. The third-order valence-electron chi connectivity index (χ3n) is 3.68. The number of primary sulfonamides is 1. The zero-order valence-electron chi connectivity index (χ0n) is 14.9. The molecule has 1 aromatic heterocycles. The van der Waals surface area contributed by atoms with Crippen molar-refractivity contribution < 1.29 is 22.7 Å². The van der Waals surface area contributed by atoms with Crippen LogP contribution in [0.15, 0.2) is 77.8 Å². The van der Waals surface area contributed by atoms with E-state index in [-0.39, 0.29) is 16.2 Å². The number of para-hydroxylation sites is 1. The predicted octanol–water partition coefficient (Wildman–Crippen LogP) is 1.60. The van der Waals surface area contributed by atoms with E-state index >= 15 is 0 Å². The van der Waals surface area contributed by atoms with E-state index in [1.165, 1.54) is 36.5 Å². The Labute approximate surface area is 166 Å². The molecule has 0 fully saturated rings. The normalized spacial score (nSPS) is 10.8. The number of rotatable bonds is 5. The van der Waals surface area contributed by atoms with Crippen LogP contribution in [-0.2, 0) is 10.0 Å². The maximum atomic E-state index is 12.2. The number of nitrogens with one attached hydrogen (secondary N) is 2. The van der Waals surface area contributed by atoms with Gasteiger partial charge in [-0.2, -0.15) is 0 Å². The van der Waals surface area contributed by atoms with Gasteiger partial charge in [-0.05, 0) is 42.5 Å². The monoisotopic (exact) mass is 412 g/mol. The molecule has 148 valence electrons. The van der Waals surface area contributed by atoms with Crippen molar-refractivity contribution in [3.05, 3.63) is 84.2 Å². The summed E-state index contributed by atoms with van der Waals surface area (Å²) >= 11 is 0. The van der Waals surface area contributed by atoms with Crippen LogP contribution in [-0.4, -0.2) is 25.2 Å². The number of hydrazine groups is 1. The number of carbonyl (C=O) groups excluding carboxylic acids is 2. The second-order valence-electron chi connectivity index (χ2n) is 5.77. The van der Waals surface area contributed by atoms with Gasteiger partial charge >= 0.3 is 0 Å². The maximum Gasteiger partial charge on any atom is 0.288 e. The van der Waals surface area contributed by atoms with Crippen molar-refractivity contribution in [1.29, 1.82) is 0 Å². The van der Waals surface area contributed by atoms with Crippen molar-refractivity contribution in [1.82, 2.24) is 15.8 Å². The first-order valence-electron chi connectivity index (χ1n) is 8.25. The molecule has 0 saturated carbocycles. The lowest BCUT2D eigenvalue weighted by Crippen LogP contribution is -2.41. The van der Waals surface area contributed by atoms with E-state index in [1.54, 1.807) is 18.2 Å². The van der Waals surface area contributed by atoms with Gasteiger partial charge in [-0.25, -0.2) is 13.6 Å². The fraction of sp³-hybridized carbons (Fsp3) is 0. The number of hydrogen-bond acceptors (Lipinski definition) is 6. The van der Waals surface area contributed by atoms with E-state index in [1.807, 2.05) is 18.2 Å². The van der Waals surface area contributed by atoms with Crippen molar-refractivity contribution in [2.75, 3.05) is 0 Å². The number of sulfonamides is 1. The smallest absolute Gasteiger partial charge is 0.288 e. The fourth-order valence-electron chi connectivity index (χ4n) is 2.27. The number of hydrogen-bond donors (Lipinski definition) is 3. The second-order valence-corrected chi connectivity index (χ2v) is 7.33. The van der Waals surface area contributed by atoms with Crippen LogP contribution in [0.3, 0.4) is 0 Å². The molecule has 0 spiro atoms. The van der Waals surface area contributed by atoms with Gasteiger partial charge in [0.15, 0.2) is 0 Å². The molecule has 2 aromatic carbocycles. The molecule has 0 radical (unpaired) electrons. The molecule has 0 atom stereocenters. The van der Waals surface area contributed by atoms with E-state index in [0.29, 0.717) is 11.5 Å². The third-order valence-corrected chi connectivity index (χ3v) is 4.61. The molecule has 0 saturated heterocycles. The van der Waals surface area contributed by atoms with Gasteiger partial charge in [0.2, 0.25) is 10.0 Å². The molecule has 4 N–H and O–H groups in total. The fourth-order valence-corrected chi connectivity index (χ4v) is 2.78. The number of pyridine rings is 1. The number of carbonyl (C=O) groups is 2. The quantitative estimate of drug-likeness (QED) is 0.544. The average molecular weight is 412 g/mol. The number of benzene rings is 2. The molecule has 3 aromatic rings. The summed E-state index contributed by atoms with van der Waals surface area (Å²) < 4.78 is 28.1. The van der Waals surface area contributed by atoms with Crippen molar-refractivity contribution >= 4 is 21.8 Å². The third kappa shape index (κ3) is 5.37. The van der Waals surface area contributed by atoms with E-state index in [0.717, 1.165) is 0 Å². The van der Waals surface area contributed by atoms with Gasteiger partial charge in [0, 0.05) is 17.8 Å². The van der Waals surface area contributed by atoms with Gasteiger partial charge in [0.1, 0.15) is 17.2 Å². The molecule has 0 aliphatic heterocycles. The molecule has 3 rings (SSSR count). The Kier molecular flexibility index (Phi) is 5.86. The topological polar surface area (TPSA) is 140 Å². The van der Waals surface area contributed by atoms with Crippen LogP contribution in [0.2, 0.25) is 0 Å². The average Bonchev–Trinajstić information content (AvgIpc) is 2.72. The van der Waals surface area contributed by atoms with E-state index in [2.05, 4.69) is 15.8 Å². The van der Waals surface area contributed by atoms with Crippen LogP contribution in [0.1, 0.15) is 20.8 Å². The lowest BCUT2D eigenvalue weighted by Gasteiger charge is -2.09. The highest BCUT2D eigenvalue weighted by atomic mass is 32.2. The van der Waals surface area contributed by atoms with E-state index in [9.17, 15) is 18.0 Å². The van der Waals surface area contributed by atoms with Crippen LogP contribution < -0.4 is 20.7 Å². The van der Waals surface area contributed by atoms with Gasteiger partial charge in [0.25, 0.3) is 11.8 Å². The Morgan fingerprint density at radius 3 is 2.17 bits per heavy atom. The summed E-state index contributed by atoms with van der Waals surface area (Å²) in [5, 5.41) is 5.00.